The van der Waals surface area contributed by atoms with Crippen molar-refractivity contribution in [3.63, 3.8) is 0 Å². The molecule has 3 heterocycles. The molecule has 43 heavy (non-hydrogen) atoms. The minimum Gasteiger partial charge on any atom is -0.494 e. The van der Waals surface area contributed by atoms with Crippen molar-refractivity contribution in [3.8, 4) is 11.6 Å². The molecule has 2 aliphatic rings. The summed E-state index contributed by atoms with van der Waals surface area (Å²) in [6.07, 6.45) is 2.08. The van der Waals surface area contributed by atoms with Crippen molar-refractivity contribution in [1.82, 2.24) is 19.3 Å². The van der Waals surface area contributed by atoms with E-state index in [0.29, 0.717) is 17.1 Å². The molecule has 1 aromatic heterocycles. The SMILES string of the molecule is COc1c(C=O)cc(C(C)(C)C)cc1NC(=O)Oc1cc2cccc(CN3CCN(C(=O)[C@@H]4CCCN4C)CC3)c2n1C. The van der Waals surface area contributed by atoms with Crippen LogP contribution in [0, 0.1) is 0 Å². The zero-order chi connectivity index (χ0) is 30.9. The number of fused-ring (bicyclic) bond motifs is 1. The normalized spacial score (nSPS) is 18.2. The van der Waals surface area contributed by atoms with Crippen LogP contribution in [0.3, 0.4) is 0 Å². The number of nitrogens with one attached hydrogen (secondary N) is 1. The molecule has 2 aliphatic heterocycles. The van der Waals surface area contributed by atoms with E-state index < -0.39 is 6.09 Å². The van der Waals surface area contributed by atoms with E-state index in [1.54, 1.807) is 6.07 Å². The second kappa shape index (κ2) is 12.4. The number of likely N-dealkylation sites (tertiary alicyclic amines) is 1. The highest BCUT2D eigenvalue weighted by molar-refractivity contribution is 5.93. The van der Waals surface area contributed by atoms with Gasteiger partial charge in [-0.2, -0.15) is 0 Å². The molecule has 0 spiro atoms. The van der Waals surface area contributed by atoms with Crippen LogP contribution in [0.5, 0.6) is 11.6 Å². The number of aldehydes is 1. The predicted octanol–water partition coefficient (Wildman–Crippen LogP) is 4.65. The number of hydrogen-bond donors (Lipinski definition) is 1. The van der Waals surface area contributed by atoms with Crippen molar-refractivity contribution in [2.24, 2.45) is 7.05 Å². The van der Waals surface area contributed by atoms with Gasteiger partial charge in [0.1, 0.15) is 0 Å². The second-order valence-electron chi connectivity index (χ2n) is 12.7. The van der Waals surface area contributed by atoms with Gasteiger partial charge in [-0.1, -0.05) is 39.0 Å². The van der Waals surface area contributed by atoms with Crippen LogP contribution >= 0.6 is 0 Å². The quantitative estimate of drug-likeness (QED) is 0.401. The Morgan fingerprint density at radius 1 is 1.05 bits per heavy atom. The number of para-hydroxylation sites is 1. The van der Waals surface area contributed by atoms with Crippen molar-refractivity contribution < 1.29 is 23.9 Å². The minimum absolute atomic E-state index is 0.0230. The Morgan fingerprint density at radius 3 is 2.42 bits per heavy atom. The fraction of sp³-hybridized carbons (Fsp3) is 0.485. The Morgan fingerprint density at radius 2 is 1.79 bits per heavy atom. The Bertz CT molecular complexity index is 1520. The summed E-state index contributed by atoms with van der Waals surface area (Å²) < 4.78 is 13.1. The molecule has 3 aromatic rings. The largest absolute Gasteiger partial charge is 0.494 e. The fourth-order valence-electron chi connectivity index (χ4n) is 6.23. The van der Waals surface area contributed by atoms with E-state index in [-0.39, 0.29) is 23.1 Å². The molecule has 230 valence electrons. The fourth-order valence-corrected chi connectivity index (χ4v) is 6.23. The van der Waals surface area contributed by atoms with E-state index in [1.165, 1.54) is 7.11 Å². The molecule has 10 nitrogen and oxygen atoms in total. The smallest absolute Gasteiger partial charge is 0.418 e. The zero-order valence-corrected chi connectivity index (χ0v) is 26.1. The predicted molar refractivity (Wildman–Crippen MR) is 167 cm³/mol. The van der Waals surface area contributed by atoms with E-state index in [1.807, 2.05) is 68.6 Å². The standard InChI is InChI=1S/C33H43N5O5/c1-33(2,3)25-17-24(21-39)30(42-6)26(19-25)34-32(41)43-28-18-22-9-7-10-23(29(22)36(28)5)20-37-13-15-38(16-14-37)31(40)27-11-8-12-35(27)4/h7,9-10,17-19,21,27H,8,11-16,20H2,1-6H3,(H,34,41)/t27-/m0/s1. The number of carbonyl (C=O) groups excluding carboxylic acids is 3. The Hall–Kier alpha value is -3.89. The number of nitrogens with zero attached hydrogens (tertiary/aromatic N) is 4. The van der Waals surface area contributed by atoms with Gasteiger partial charge in [0, 0.05) is 51.2 Å². The number of rotatable bonds is 7. The highest BCUT2D eigenvalue weighted by atomic mass is 16.6. The molecule has 0 unspecified atom stereocenters. The summed E-state index contributed by atoms with van der Waals surface area (Å²) in [5, 5.41) is 3.75. The summed E-state index contributed by atoms with van der Waals surface area (Å²) in [6, 6.07) is 11.6. The molecule has 2 amide bonds. The number of hydrogen-bond acceptors (Lipinski definition) is 7. The number of amides is 2. The summed E-state index contributed by atoms with van der Waals surface area (Å²) in [5.74, 6) is 0.948. The number of benzene rings is 2. The first-order chi connectivity index (χ1) is 20.5. The van der Waals surface area contributed by atoms with Crippen molar-refractivity contribution in [1.29, 1.82) is 0 Å². The van der Waals surface area contributed by atoms with Crippen LogP contribution in [0.4, 0.5) is 10.5 Å². The molecule has 10 heteroatoms. The lowest BCUT2D eigenvalue weighted by atomic mass is 9.85. The van der Waals surface area contributed by atoms with Crippen LogP contribution < -0.4 is 14.8 Å². The average molecular weight is 590 g/mol. The number of methoxy groups -OCH3 is 1. The molecule has 0 bridgehead atoms. The summed E-state index contributed by atoms with van der Waals surface area (Å²) >= 11 is 0. The summed E-state index contributed by atoms with van der Waals surface area (Å²) in [5.41, 5.74) is 3.49. The van der Waals surface area contributed by atoms with E-state index >= 15 is 0 Å². The molecule has 1 atom stereocenters. The topological polar surface area (TPSA) is 96.3 Å². The number of aromatic nitrogens is 1. The molecular weight excluding hydrogens is 546 g/mol. The highest BCUT2D eigenvalue weighted by Crippen LogP contribution is 2.35. The molecule has 5 rings (SSSR count). The Kier molecular flexibility index (Phi) is 8.80. The van der Waals surface area contributed by atoms with E-state index in [2.05, 4.69) is 21.2 Å². The van der Waals surface area contributed by atoms with Crippen LogP contribution in [0.15, 0.2) is 36.4 Å². The molecule has 1 N–H and O–H groups in total. The molecule has 2 saturated heterocycles. The van der Waals surface area contributed by atoms with Crippen molar-refractivity contribution in [3.05, 3.63) is 53.1 Å². The minimum atomic E-state index is -0.678. The van der Waals surface area contributed by atoms with Crippen molar-refractivity contribution in [2.75, 3.05) is 52.2 Å². The van der Waals surface area contributed by atoms with Gasteiger partial charge in [-0.25, -0.2) is 4.79 Å². The summed E-state index contributed by atoms with van der Waals surface area (Å²) in [6.45, 7) is 10.9. The lowest BCUT2D eigenvalue weighted by Crippen LogP contribution is -2.52. The van der Waals surface area contributed by atoms with Gasteiger partial charge in [0.2, 0.25) is 11.8 Å². The van der Waals surface area contributed by atoms with Crippen molar-refractivity contribution in [2.45, 2.75) is 51.6 Å². The molecule has 2 aromatic carbocycles. The van der Waals surface area contributed by atoms with Gasteiger partial charge in [-0.3, -0.25) is 24.7 Å². The van der Waals surface area contributed by atoms with E-state index in [9.17, 15) is 14.4 Å². The maximum absolute atomic E-state index is 13.1. The van der Waals surface area contributed by atoms with Crippen LogP contribution in [-0.4, -0.2) is 90.5 Å². The van der Waals surface area contributed by atoms with Gasteiger partial charge in [-0.15, -0.1) is 0 Å². The first-order valence-corrected chi connectivity index (χ1v) is 15.0. The Labute approximate surface area is 253 Å². The third-order valence-corrected chi connectivity index (χ3v) is 8.73. The number of likely N-dealkylation sites (N-methyl/N-ethyl adjacent to an activating group) is 1. The lowest BCUT2D eigenvalue weighted by Gasteiger charge is -2.37. The van der Waals surface area contributed by atoms with E-state index in [4.69, 9.17) is 9.47 Å². The second-order valence-corrected chi connectivity index (χ2v) is 12.7. The van der Waals surface area contributed by atoms with Crippen molar-refractivity contribution >= 4 is 34.9 Å². The van der Waals surface area contributed by atoms with Gasteiger partial charge in [0.25, 0.3) is 0 Å². The zero-order valence-electron chi connectivity index (χ0n) is 26.1. The van der Waals surface area contributed by atoms with Gasteiger partial charge in [0.05, 0.1) is 29.9 Å². The third kappa shape index (κ3) is 6.40. The number of piperazine rings is 1. The molecule has 0 aliphatic carbocycles. The van der Waals surface area contributed by atoms with Gasteiger partial charge in [-0.05, 0) is 55.1 Å². The molecule has 0 saturated carbocycles. The summed E-state index contributed by atoms with van der Waals surface area (Å²) in [7, 11) is 5.39. The first-order valence-electron chi connectivity index (χ1n) is 15.0. The average Bonchev–Trinajstić information content (AvgIpc) is 3.54. The molecule has 0 radical (unpaired) electrons. The monoisotopic (exact) mass is 589 g/mol. The Balaban J connectivity index is 1.28. The number of ether oxygens (including phenoxy) is 2. The van der Waals surface area contributed by atoms with Crippen LogP contribution in [0.25, 0.3) is 10.9 Å². The third-order valence-electron chi connectivity index (χ3n) is 8.73. The highest BCUT2D eigenvalue weighted by Gasteiger charge is 2.33. The van der Waals surface area contributed by atoms with Gasteiger partial charge < -0.3 is 18.9 Å². The van der Waals surface area contributed by atoms with Gasteiger partial charge in [0.15, 0.2) is 12.0 Å². The van der Waals surface area contributed by atoms with Crippen LogP contribution in [-0.2, 0) is 23.8 Å². The van der Waals surface area contributed by atoms with E-state index in [0.717, 1.165) is 80.4 Å². The molecule has 2 fully saturated rings. The maximum atomic E-state index is 13.1. The number of carbonyl (C=O) groups is 3. The lowest BCUT2D eigenvalue weighted by molar-refractivity contribution is -0.137. The first kappa shape index (κ1) is 30.6. The molecular formula is C33H43N5O5. The number of aryl methyl sites for hydroxylation is 1. The van der Waals surface area contributed by atoms with Crippen LogP contribution in [0.1, 0.15) is 55.1 Å². The van der Waals surface area contributed by atoms with Gasteiger partial charge >= 0.3 is 6.09 Å². The maximum Gasteiger partial charge on any atom is 0.418 e. The summed E-state index contributed by atoms with van der Waals surface area (Å²) in [4.78, 5) is 44.5. The van der Waals surface area contributed by atoms with Crippen LogP contribution in [0.2, 0.25) is 0 Å². The number of anilines is 1.